The van der Waals surface area contributed by atoms with Crippen LogP contribution in [0.15, 0.2) is 39.3 Å². The second-order valence-corrected chi connectivity index (χ2v) is 4.76. The summed E-state index contributed by atoms with van der Waals surface area (Å²) in [5.41, 5.74) is 0.697. The zero-order valence-electron chi connectivity index (χ0n) is 7.13. The van der Waals surface area contributed by atoms with Gasteiger partial charge >= 0.3 is 0 Å². The Hall–Kier alpha value is -0.670. The van der Waals surface area contributed by atoms with Gasteiger partial charge in [-0.25, -0.2) is 0 Å². The SMILES string of the molecule is O=Cc1ccc2c(Br)cc(Br)cc2c1. The highest BCUT2D eigenvalue weighted by Gasteiger charge is 2.01. The van der Waals surface area contributed by atoms with Crippen LogP contribution in [0.5, 0.6) is 0 Å². The molecule has 0 saturated heterocycles. The third-order valence-electron chi connectivity index (χ3n) is 2.03. The number of hydrogen-bond donors (Lipinski definition) is 0. The summed E-state index contributed by atoms with van der Waals surface area (Å²) in [4.78, 5) is 10.6. The van der Waals surface area contributed by atoms with Crippen molar-refractivity contribution in [3.8, 4) is 0 Å². The lowest BCUT2D eigenvalue weighted by atomic mass is 10.1. The minimum Gasteiger partial charge on any atom is -0.298 e. The Morgan fingerprint density at radius 2 is 1.86 bits per heavy atom. The minimum absolute atomic E-state index is 0.697. The summed E-state index contributed by atoms with van der Waals surface area (Å²) in [5.74, 6) is 0. The first kappa shape index (κ1) is 9.87. The molecule has 0 aliphatic carbocycles. The van der Waals surface area contributed by atoms with Crippen molar-refractivity contribution in [2.75, 3.05) is 0 Å². The van der Waals surface area contributed by atoms with Crippen molar-refractivity contribution >= 4 is 48.9 Å². The number of fused-ring (bicyclic) bond motifs is 1. The van der Waals surface area contributed by atoms with Gasteiger partial charge in [0.05, 0.1) is 0 Å². The smallest absolute Gasteiger partial charge is 0.150 e. The largest absolute Gasteiger partial charge is 0.298 e. The van der Waals surface area contributed by atoms with Crippen LogP contribution in [0.2, 0.25) is 0 Å². The van der Waals surface area contributed by atoms with Crippen molar-refractivity contribution in [2.24, 2.45) is 0 Å². The molecule has 0 spiro atoms. The molecule has 0 amide bonds. The van der Waals surface area contributed by atoms with Gasteiger partial charge in [-0.3, -0.25) is 4.79 Å². The number of halogens is 2. The Bertz CT molecular complexity index is 506. The molecule has 2 aromatic rings. The average Bonchev–Trinajstić information content (AvgIpc) is 2.16. The predicted octanol–water partition coefficient (Wildman–Crippen LogP) is 4.18. The standard InChI is InChI=1S/C11H6Br2O/c12-9-4-8-3-7(6-14)1-2-10(8)11(13)5-9/h1-6H. The first-order valence-electron chi connectivity index (χ1n) is 4.05. The molecule has 0 fully saturated rings. The molecule has 0 aliphatic rings. The van der Waals surface area contributed by atoms with Crippen LogP contribution in [-0.2, 0) is 0 Å². The Morgan fingerprint density at radius 1 is 1.07 bits per heavy atom. The van der Waals surface area contributed by atoms with E-state index < -0.39 is 0 Å². The summed E-state index contributed by atoms with van der Waals surface area (Å²) >= 11 is 6.89. The summed E-state index contributed by atoms with van der Waals surface area (Å²) in [6.07, 6.45) is 0.855. The molecule has 1 nitrogen and oxygen atoms in total. The molecular weight excluding hydrogens is 308 g/mol. The topological polar surface area (TPSA) is 17.1 Å². The molecule has 2 rings (SSSR count). The van der Waals surface area contributed by atoms with E-state index >= 15 is 0 Å². The fourth-order valence-corrected chi connectivity index (χ4v) is 2.77. The summed E-state index contributed by atoms with van der Waals surface area (Å²) in [7, 11) is 0. The predicted molar refractivity (Wildman–Crippen MR) is 64.7 cm³/mol. The minimum atomic E-state index is 0.697. The number of benzene rings is 2. The molecule has 0 aliphatic heterocycles. The summed E-state index contributed by atoms with van der Waals surface area (Å²) in [6, 6.07) is 9.61. The van der Waals surface area contributed by atoms with Crippen molar-refractivity contribution in [3.63, 3.8) is 0 Å². The Labute approximate surface area is 98.4 Å². The zero-order chi connectivity index (χ0) is 10.1. The van der Waals surface area contributed by atoms with Gasteiger partial charge in [-0.2, -0.15) is 0 Å². The Morgan fingerprint density at radius 3 is 2.57 bits per heavy atom. The molecule has 0 aromatic heterocycles. The van der Waals surface area contributed by atoms with Crippen molar-refractivity contribution in [1.29, 1.82) is 0 Å². The second-order valence-electron chi connectivity index (χ2n) is 2.99. The summed E-state index contributed by atoms with van der Waals surface area (Å²) < 4.78 is 2.03. The fourth-order valence-electron chi connectivity index (χ4n) is 1.38. The number of aldehydes is 1. The van der Waals surface area contributed by atoms with Crippen LogP contribution in [0.3, 0.4) is 0 Å². The van der Waals surface area contributed by atoms with Crippen molar-refractivity contribution in [3.05, 3.63) is 44.8 Å². The highest BCUT2D eigenvalue weighted by Crippen LogP contribution is 2.28. The van der Waals surface area contributed by atoms with E-state index in [-0.39, 0.29) is 0 Å². The van der Waals surface area contributed by atoms with Gasteiger partial charge in [0.1, 0.15) is 6.29 Å². The maximum atomic E-state index is 10.6. The van der Waals surface area contributed by atoms with Crippen LogP contribution >= 0.6 is 31.9 Å². The molecule has 0 radical (unpaired) electrons. The van der Waals surface area contributed by atoms with E-state index in [1.54, 1.807) is 0 Å². The lowest BCUT2D eigenvalue weighted by Gasteiger charge is -2.02. The lowest BCUT2D eigenvalue weighted by molar-refractivity contribution is 0.112. The van der Waals surface area contributed by atoms with Crippen molar-refractivity contribution in [2.45, 2.75) is 0 Å². The van der Waals surface area contributed by atoms with E-state index in [1.165, 1.54) is 0 Å². The van der Waals surface area contributed by atoms with E-state index in [0.29, 0.717) is 5.56 Å². The third kappa shape index (κ3) is 1.74. The quantitative estimate of drug-likeness (QED) is 0.722. The monoisotopic (exact) mass is 312 g/mol. The van der Waals surface area contributed by atoms with Gasteiger partial charge in [0.25, 0.3) is 0 Å². The molecule has 0 atom stereocenters. The van der Waals surface area contributed by atoms with E-state index in [0.717, 1.165) is 26.0 Å². The highest BCUT2D eigenvalue weighted by molar-refractivity contribution is 9.11. The van der Waals surface area contributed by atoms with E-state index in [9.17, 15) is 4.79 Å². The third-order valence-corrected chi connectivity index (χ3v) is 3.14. The van der Waals surface area contributed by atoms with Gasteiger partial charge in [-0.1, -0.05) is 44.0 Å². The van der Waals surface area contributed by atoms with Crippen LogP contribution in [-0.4, -0.2) is 6.29 Å². The van der Waals surface area contributed by atoms with E-state index in [4.69, 9.17) is 0 Å². The van der Waals surface area contributed by atoms with Gasteiger partial charge in [0, 0.05) is 14.5 Å². The normalized spacial score (nSPS) is 10.4. The van der Waals surface area contributed by atoms with Gasteiger partial charge in [0.2, 0.25) is 0 Å². The van der Waals surface area contributed by atoms with Crippen molar-refractivity contribution < 1.29 is 4.79 Å². The first-order valence-corrected chi connectivity index (χ1v) is 5.63. The lowest BCUT2D eigenvalue weighted by Crippen LogP contribution is -1.81. The van der Waals surface area contributed by atoms with E-state index in [2.05, 4.69) is 31.9 Å². The second kappa shape index (κ2) is 3.83. The van der Waals surface area contributed by atoms with Crippen LogP contribution in [0.25, 0.3) is 10.8 Å². The molecule has 0 unspecified atom stereocenters. The van der Waals surface area contributed by atoms with Crippen LogP contribution in [0.4, 0.5) is 0 Å². The van der Waals surface area contributed by atoms with Crippen LogP contribution < -0.4 is 0 Å². The number of hydrogen-bond acceptors (Lipinski definition) is 1. The van der Waals surface area contributed by atoms with Gasteiger partial charge in [-0.15, -0.1) is 0 Å². The van der Waals surface area contributed by atoms with Gasteiger partial charge in [-0.05, 0) is 29.0 Å². The first-order chi connectivity index (χ1) is 6.70. The molecule has 0 saturated carbocycles. The zero-order valence-corrected chi connectivity index (χ0v) is 10.3. The number of rotatable bonds is 1. The maximum absolute atomic E-state index is 10.6. The Kier molecular flexibility index (Phi) is 2.70. The van der Waals surface area contributed by atoms with E-state index in [1.807, 2.05) is 30.3 Å². The molecule has 3 heteroatoms. The number of carbonyl (C=O) groups is 1. The molecule has 0 N–H and O–H groups in total. The van der Waals surface area contributed by atoms with Gasteiger partial charge < -0.3 is 0 Å². The highest BCUT2D eigenvalue weighted by atomic mass is 79.9. The molecular formula is C11H6Br2O. The molecule has 70 valence electrons. The molecule has 0 heterocycles. The molecule has 14 heavy (non-hydrogen) atoms. The van der Waals surface area contributed by atoms with Crippen LogP contribution in [0, 0.1) is 0 Å². The van der Waals surface area contributed by atoms with Gasteiger partial charge in [0.15, 0.2) is 0 Å². The maximum Gasteiger partial charge on any atom is 0.150 e. The average molecular weight is 314 g/mol. The van der Waals surface area contributed by atoms with Crippen molar-refractivity contribution in [1.82, 2.24) is 0 Å². The van der Waals surface area contributed by atoms with Crippen LogP contribution in [0.1, 0.15) is 10.4 Å². The fraction of sp³-hybridized carbons (Fsp3) is 0. The molecule has 2 aromatic carbocycles. The molecule has 0 bridgehead atoms. The summed E-state index contributed by atoms with van der Waals surface area (Å²) in [5, 5.41) is 2.16. The Balaban J connectivity index is 2.81. The summed E-state index contributed by atoms with van der Waals surface area (Å²) in [6.45, 7) is 0. The number of carbonyl (C=O) groups excluding carboxylic acids is 1.